The zero-order valence-electron chi connectivity index (χ0n) is 12.0. The maximum absolute atomic E-state index is 12.7. The van der Waals surface area contributed by atoms with Crippen LogP contribution in [0.2, 0.25) is 0 Å². The molecule has 0 bridgehead atoms. The van der Waals surface area contributed by atoms with Gasteiger partial charge in [-0.05, 0) is 25.0 Å². The third-order valence-electron chi connectivity index (χ3n) is 3.65. The Bertz CT molecular complexity index is 581. The molecular weight excluding hydrogens is 325 g/mol. The highest BCUT2D eigenvalue weighted by atomic mass is 19.4. The smallest absolute Gasteiger partial charge is 0.396 e. The first-order chi connectivity index (χ1) is 10.6. The van der Waals surface area contributed by atoms with Gasteiger partial charge in [0.15, 0.2) is 0 Å². The lowest BCUT2D eigenvalue weighted by molar-refractivity contribution is -0.183. The molecule has 0 radical (unpaired) electrons. The van der Waals surface area contributed by atoms with Crippen molar-refractivity contribution in [2.75, 3.05) is 0 Å². The number of halogens is 5. The number of carbonyl (C=O) groups is 1. The summed E-state index contributed by atoms with van der Waals surface area (Å²) >= 11 is 0. The summed E-state index contributed by atoms with van der Waals surface area (Å²) in [4.78, 5) is 15.1. The summed E-state index contributed by atoms with van der Waals surface area (Å²) in [5.41, 5.74) is -1.49. The zero-order valence-corrected chi connectivity index (χ0v) is 12.0. The second kappa shape index (κ2) is 6.17. The van der Waals surface area contributed by atoms with Crippen LogP contribution in [0.25, 0.3) is 0 Å². The molecule has 1 aromatic rings. The predicted octanol–water partition coefficient (Wildman–Crippen LogP) is 2.82. The molecule has 2 rings (SSSR count). The van der Waals surface area contributed by atoms with Crippen molar-refractivity contribution in [3.05, 3.63) is 23.9 Å². The number of rotatable bonds is 5. The van der Waals surface area contributed by atoms with E-state index in [2.05, 4.69) is 20.4 Å². The Kier molecular flexibility index (Phi) is 4.62. The van der Waals surface area contributed by atoms with E-state index in [0.29, 0.717) is 5.56 Å². The van der Waals surface area contributed by atoms with Gasteiger partial charge in [-0.25, -0.2) is 9.78 Å². The Hall–Kier alpha value is -2.13. The lowest BCUT2D eigenvalue weighted by atomic mass is 10.1. The van der Waals surface area contributed by atoms with E-state index in [1.54, 1.807) is 0 Å². The fraction of sp³-hybridized carbons (Fsp3) is 0.538. The van der Waals surface area contributed by atoms with E-state index in [4.69, 9.17) is 0 Å². The standard InChI is InChI=1S/C13H14F5N3O2/c1-12(13(16,17)18)5-8(12)21-11(22)20-6-7-2-3-19-9(4-7)23-10(14)15/h2-4,8,10H,5-6H2,1H3,(H2,20,21,22)/t8-,12-/m1/s1. The summed E-state index contributed by atoms with van der Waals surface area (Å²) in [7, 11) is 0. The van der Waals surface area contributed by atoms with Crippen LogP contribution in [0.4, 0.5) is 26.7 Å². The van der Waals surface area contributed by atoms with Gasteiger partial charge in [0.05, 0.1) is 5.41 Å². The molecule has 0 aliphatic heterocycles. The maximum atomic E-state index is 12.7. The summed E-state index contributed by atoms with van der Waals surface area (Å²) in [6.45, 7) is -2.05. The SMILES string of the molecule is C[C@@]1(C(F)(F)F)C[C@H]1NC(=O)NCc1ccnc(OC(F)F)c1. The summed E-state index contributed by atoms with van der Waals surface area (Å²) < 4.78 is 66.2. The first-order valence-electron chi connectivity index (χ1n) is 6.62. The van der Waals surface area contributed by atoms with Crippen LogP contribution in [0, 0.1) is 5.41 Å². The van der Waals surface area contributed by atoms with Gasteiger partial charge in [-0.3, -0.25) is 0 Å². The van der Waals surface area contributed by atoms with Crippen LogP contribution in [0.5, 0.6) is 5.88 Å². The minimum Gasteiger partial charge on any atom is -0.417 e. The summed E-state index contributed by atoms with van der Waals surface area (Å²) in [6.07, 6.45) is -3.34. The van der Waals surface area contributed by atoms with Crippen molar-refractivity contribution in [1.82, 2.24) is 15.6 Å². The quantitative estimate of drug-likeness (QED) is 0.811. The molecule has 1 aromatic heterocycles. The van der Waals surface area contributed by atoms with Gasteiger partial charge in [-0.2, -0.15) is 22.0 Å². The topological polar surface area (TPSA) is 63.2 Å². The Labute approximate surface area is 128 Å². The molecule has 1 saturated carbocycles. The number of amides is 2. The first kappa shape index (κ1) is 17.2. The van der Waals surface area contributed by atoms with Gasteiger partial charge in [0.25, 0.3) is 0 Å². The monoisotopic (exact) mass is 339 g/mol. The molecule has 2 N–H and O–H groups in total. The molecule has 0 spiro atoms. The van der Waals surface area contributed by atoms with Gasteiger partial charge in [0.1, 0.15) is 0 Å². The molecule has 2 atom stereocenters. The third kappa shape index (κ3) is 4.20. The summed E-state index contributed by atoms with van der Waals surface area (Å²) in [5, 5.41) is 4.58. The predicted molar refractivity (Wildman–Crippen MR) is 68.8 cm³/mol. The number of alkyl halides is 5. The van der Waals surface area contributed by atoms with E-state index in [0.717, 1.165) is 6.92 Å². The minimum atomic E-state index is -4.38. The highest BCUT2D eigenvalue weighted by Crippen LogP contribution is 2.57. The van der Waals surface area contributed by atoms with Crippen LogP contribution in [0.3, 0.4) is 0 Å². The fourth-order valence-corrected chi connectivity index (χ4v) is 2.00. The maximum Gasteiger partial charge on any atom is 0.396 e. The number of urea groups is 1. The molecule has 2 amide bonds. The van der Waals surface area contributed by atoms with Gasteiger partial charge in [-0.1, -0.05) is 0 Å². The van der Waals surface area contributed by atoms with Gasteiger partial charge >= 0.3 is 18.8 Å². The largest absolute Gasteiger partial charge is 0.417 e. The van der Waals surface area contributed by atoms with E-state index in [1.807, 2.05) is 0 Å². The number of pyridine rings is 1. The van der Waals surface area contributed by atoms with Crippen molar-refractivity contribution < 1.29 is 31.5 Å². The minimum absolute atomic E-state index is 0.0661. The summed E-state index contributed by atoms with van der Waals surface area (Å²) in [6, 6.07) is 0.910. The number of ether oxygens (including phenoxy) is 1. The average Bonchev–Trinajstić information content (AvgIpc) is 3.08. The van der Waals surface area contributed by atoms with Crippen LogP contribution in [-0.4, -0.2) is 29.8 Å². The van der Waals surface area contributed by atoms with Crippen molar-refractivity contribution in [3.8, 4) is 5.88 Å². The number of carbonyl (C=O) groups excluding carboxylic acids is 1. The Morgan fingerprint density at radius 1 is 1.52 bits per heavy atom. The van der Waals surface area contributed by atoms with Crippen LogP contribution in [-0.2, 0) is 6.54 Å². The van der Waals surface area contributed by atoms with E-state index in [1.165, 1.54) is 18.3 Å². The number of nitrogens with one attached hydrogen (secondary N) is 2. The Morgan fingerprint density at radius 2 is 2.22 bits per heavy atom. The number of aromatic nitrogens is 1. The van der Waals surface area contributed by atoms with Crippen LogP contribution in [0.15, 0.2) is 18.3 Å². The molecule has 10 heteroatoms. The highest BCUT2D eigenvalue weighted by Gasteiger charge is 2.67. The molecule has 1 aliphatic carbocycles. The van der Waals surface area contributed by atoms with E-state index in [-0.39, 0.29) is 18.8 Å². The van der Waals surface area contributed by atoms with Gasteiger partial charge < -0.3 is 15.4 Å². The first-order valence-corrected chi connectivity index (χ1v) is 6.62. The molecule has 5 nitrogen and oxygen atoms in total. The fourth-order valence-electron chi connectivity index (χ4n) is 2.00. The second-order valence-corrected chi connectivity index (χ2v) is 5.38. The lowest BCUT2D eigenvalue weighted by Gasteiger charge is -2.16. The molecule has 1 aliphatic rings. The van der Waals surface area contributed by atoms with Gasteiger partial charge in [0.2, 0.25) is 5.88 Å². The third-order valence-corrected chi connectivity index (χ3v) is 3.65. The van der Waals surface area contributed by atoms with Crippen molar-refractivity contribution in [1.29, 1.82) is 0 Å². The lowest BCUT2D eigenvalue weighted by Crippen LogP contribution is -2.40. The van der Waals surface area contributed by atoms with E-state index >= 15 is 0 Å². The van der Waals surface area contributed by atoms with Crippen LogP contribution >= 0.6 is 0 Å². The van der Waals surface area contributed by atoms with Crippen molar-refractivity contribution in [3.63, 3.8) is 0 Å². The summed E-state index contributed by atoms with van der Waals surface area (Å²) in [5.74, 6) is -0.313. The normalized spacial score (nSPS) is 23.5. The number of hydrogen-bond acceptors (Lipinski definition) is 3. The Balaban J connectivity index is 1.82. The molecule has 1 fully saturated rings. The second-order valence-electron chi connectivity index (χ2n) is 5.38. The van der Waals surface area contributed by atoms with E-state index in [9.17, 15) is 26.7 Å². The molecule has 23 heavy (non-hydrogen) atoms. The number of hydrogen-bond donors (Lipinski definition) is 2. The molecule has 0 saturated heterocycles. The van der Waals surface area contributed by atoms with Gasteiger partial charge in [-0.15, -0.1) is 0 Å². The Morgan fingerprint density at radius 3 is 2.78 bits per heavy atom. The molecule has 1 heterocycles. The van der Waals surface area contributed by atoms with Crippen molar-refractivity contribution in [2.45, 2.75) is 38.7 Å². The van der Waals surface area contributed by atoms with Crippen LogP contribution in [0.1, 0.15) is 18.9 Å². The highest BCUT2D eigenvalue weighted by molar-refractivity contribution is 5.74. The molecule has 0 unspecified atom stereocenters. The van der Waals surface area contributed by atoms with Crippen molar-refractivity contribution in [2.24, 2.45) is 5.41 Å². The zero-order chi connectivity index (χ0) is 17.3. The molecule has 128 valence electrons. The number of nitrogens with zero attached hydrogens (tertiary/aromatic N) is 1. The van der Waals surface area contributed by atoms with Crippen LogP contribution < -0.4 is 15.4 Å². The van der Waals surface area contributed by atoms with Gasteiger partial charge in [0, 0.05) is 24.8 Å². The van der Waals surface area contributed by atoms with E-state index < -0.39 is 30.3 Å². The average molecular weight is 339 g/mol. The molecule has 0 aromatic carbocycles. The van der Waals surface area contributed by atoms with Crippen molar-refractivity contribution >= 4 is 6.03 Å². The molecular formula is C13H14F5N3O2.